The first-order chi connectivity index (χ1) is 16.0. The van der Waals surface area contributed by atoms with E-state index in [1.165, 1.54) is 18.7 Å². The highest BCUT2D eigenvalue weighted by Gasteiger charge is 2.31. The number of nitrogens with zero attached hydrogens (tertiary/aromatic N) is 5. The Morgan fingerprint density at radius 1 is 1.32 bits per heavy atom. The van der Waals surface area contributed by atoms with E-state index in [1.54, 1.807) is 49.1 Å². The first kappa shape index (κ1) is 24.7. The minimum atomic E-state index is -1.38. The number of nitriles is 1. The molecule has 1 aromatic carbocycles. The second-order valence-corrected chi connectivity index (χ2v) is 8.77. The molecule has 0 aliphatic heterocycles. The van der Waals surface area contributed by atoms with Gasteiger partial charge in [-0.25, -0.2) is 9.78 Å². The van der Waals surface area contributed by atoms with Crippen molar-refractivity contribution in [3.63, 3.8) is 0 Å². The third kappa shape index (κ3) is 4.84. The van der Waals surface area contributed by atoms with E-state index in [2.05, 4.69) is 16.2 Å². The van der Waals surface area contributed by atoms with Gasteiger partial charge in [-0.15, -0.1) is 0 Å². The van der Waals surface area contributed by atoms with Gasteiger partial charge < -0.3 is 14.9 Å². The zero-order chi connectivity index (χ0) is 25.2. The van der Waals surface area contributed by atoms with Crippen LogP contribution in [0, 0.1) is 11.3 Å². The molecule has 0 bridgehead atoms. The molecule has 0 saturated heterocycles. The van der Waals surface area contributed by atoms with Crippen molar-refractivity contribution in [3.05, 3.63) is 75.2 Å². The first-order valence-electron chi connectivity index (χ1n) is 10.6. The molecule has 10 nitrogen and oxygen atoms in total. The predicted molar refractivity (Wildman–Crippen MR) is 123 cm³/mol. The van der Waals surface area contributed by atoms with E-state index in [0.717, 1.165) is 5.56 Å². The zero-order valence-electron chi connectivity index (χ0n) is 19.7. The molecule has 34 heavy (non-hydrogen) atoms. The van der Waals surface area contributed by atoms with Crippen LogP contribution in [0.15, 0.2) is 41.5 Å². The first-order valence-corrected chi connectivity index (χ1v) is 10.6. The van der Waals surface area contributed by atoms with Gasteiger partial charge in [0.25, 0.3) is 5.56 Å². The Kier molecular flexibility index (Phi) is 6.88. The molecule has 0 spiro atoms. The number of hydrogen-bond donors (Lipinski definition) is 2. The summed E-state index contributed by atoms with van der Waals surface area (Å²) in [6.45, 7) is 5.40. The van der Waals surface area contributed by atoms with Crippen molar-refractivity contribution in [1.82, 2.24) is 19.3 Å². The van der Waals surface area contributed by atoms with Gasteiger partial charge in [0.15, 0.2) is 5.69 Å². The SMILES string of the molecule is COc1c(C(=O)O)nc(C(C)C(c2cnn(CC(C)(C)O)c2)c2ccccc2C#N)n(C)c1=O. The number of aliphatic hydroxyl groups is 1. The zero-order valence-corrected chi connectivity index (χ0v) is 19.7. The largest absolute Gasteiger partial charge is 0.489 e. The van der Waals surface area contributed by atoms with Crippen LogP contribution in [0.2, 0.25) is 0 Å². The fraction of sp³-hybridized carbons (Fsp3) is 0.375. The van der Waals surface area contributed by atoms with Crippen LogP contribution < -0.4 is 10.3 Å². The Balaban J connectivity index is 2.24. The number of carboxylic acids is 1. The van der Waals surface area contributed by atoms with Gasteiger partial charge in [-0.2, -0.15) is 10.4 Å². The number of aromatic nitrogens is 4. The number of aromatic carboxylic acids is 1. The van der Waals surface area contributed by atoms with Crippen LogP contribution in [0.1, 0.15) is 65.6 Å². The second-order valence-electron chi connectivity index (χ2n) is 8.77. The van der Waals surface area contributed by atoms with Gasteiger partial charge in [0, 0.05) is 25.1 Å². The number of rotatable bonds is 8. The number of carbonyl (C=O) groups is 1. The molecule has 10 heteroatoms. The Labute approximate surface area is 196 Å². The van der Waals surface area contributed by atoms with E-state index in [9.17, 15) is 25.1 Å². The molecule has 2 aromatic heterocycles. The molecule has 2 atom stereocenters. The molecular weight excluding hydrogens is 438 g/mol. The maximum absolute atomic E-state index is 12.9. The van der Waals surface area contributed by atoms with E-state index in [1.807, 2.05) is 13.0 Å². The summed E-state index contributed by atoms with van der Waals surface area (Å²) in [5, 5.41) is 33.9. The highest BCUT2D eigenvalue weighted by molar-refractivity contribution is 5.88. The quantitative estimate of drug-likeness (QED) is 0.516. The topological polar surface area (TPSA) is 143 Å². The average Bonchev–Trinajstić information content (AvgIpc) is 3.21. The molecular formula is C24H27N5O5. The lowest BCUT2D eigenvalue weighted by atomic mass is 9.80. The van der Waals surface area contributed by atoms with E-state index in [4.69, 9.17) is 4.74 Å². The van der Waals surface area contributed by atoms with E-state index >= 15 is 0 Å². The van der Waals surface area contributed by atoms with Crippen molar-refractivity contribution in [2.45, 2.75) is 44.8 Å². The molecule has 3 rings (SSSR count). The Morgan fingerprint density at radius 3 is 2.59 bits per heavy atom. The Hall–Kier alpha value is -3.97. The lowest BCUT2D eigenvalue weighted by Gasteiger charge is -2.26. The summed E-state index contributed by atoms with van der Waals surface area (Å²) in [4.78, 5) is 28.9. The summed E-state index contributed by atoms with van der Waals surface area (Å²) in [6.07, 6.45) is 3.41. The summed E-state index contributed by atoms with van der Waals surface area (Å²) in [6, 6.07) is 9.27. The monoisotopic (exact) mass is 465 g/mol. The van der Waals surface area contributed by atoms with Gasteiger partial charge in [-0.1, -0.05) is 25.1 Å². The van der Waals surface area contributed by atoms with Crippen molar-refractivity contribution >= 4 is 5.97 Å². The number of methoxy groups -OCH3 is 1. The minimum Gasteiger partial charge on any atom is -0.489 e. The Bertz CT molecular complexity index is 1310. The summed E-state index contributed by atoms with van der Waals surface area (Å²) in [7, 11) is 2.72. The van der Waals surface area contributed by atoms with Gasteiger partial charge in [-0.05, 0) is 31.0 Å². The third-order valence-corrected chi connectivity index (χ3v) is 5.58. The highest BCUT2D eigenvalue weighted by atomic mass is 16.5. The molecule has 0 radical (unpaired) electrons. The number of carboxylic acid groups (broad SMARTS) is 1. The van der Waals surface area contributed by atoms with Crippen LogP contribution >= 0.6 is 0 Å². The van der Waals surface area contributed by atoms with Crippen LogP contribution in [0.3, 0.4) is 0 Å². The maximum atomic E-state index is 12.9. The van der Waals surface area contributed by atoms with Crippen molar-refractivity contribution in [2.75, 3.05) is 7.11 Å². The normalized spacial score (nSPS) is 13.2. The molecule has 2 heterocycles. The van der Waals surface area contributed by atoms with Crippen molar-refractivity contribution in [3.8, 4) is 11.8 Å². The fourth-order valence-corrected chi connectivity index (χ4v) is 4.11. The molecule has 0 amide bonds. The molecule has 0 aliphatic rings. The maximum Gasteiger partial charge on any atom is 0.358 e. The van der Waals surface area contributed by atoms with Gasteiger partial charge in [0.05, 0.1) is 37.1 Å². The summed E-state index contributed by atoms with van der Waals surface area (Å²) >= 11 is 0. The second kappa shape index (κ2) is 9.49. The Morgan fingerprint density at radius 2 is 2.00 bits per heavy atom. The molecule has 2 N–H and O–H groups in total. The minimum absolute atomic E-state index is 0.219. The lowest BCUT2D eigenvalue weighted by Crippen LogP contribution is -2.29. The highest BCUT2D eigenvalue weighted by Crippen LogP contribution is 2.39. The summed E-state index contributed by atoms with van der Waals surface area (Å²) in [5.41, 5.74) is -0.248. The number of ether oxygens (including phenoxy) is 1. The smallest absolute Gasteiger partial charge is 0.358 e. The van der Waals surface area contributed by atoms with Gasteiger partial charge in [0.1, 0.15) is 5.82 Å². The number of hydrogen-bond acceptors (Lipinski definition) is 7. The van der Waals surface area contributed by atoms with Crippen molar-refractivity contribution in [1.29, 1.82) is 5.26 Å². The van der Waals surface area contributed by atoms with E-state index in [-0.39, 0.29) is 18.1 Å². The van der Waals surface area contributed by atoms with Crippen LogP contribution in [-0.4, -0.2) is 48.2 Å². The van der Waals surface area contributed by atoms with Gasteiger partial charge >= 0.3 is 5.97 Å². The van der Waals surface area contributed by atoms with Crippen LogP contribution in [0.4, 0.5) is 0 Å². The molecule has 3 aromatic rings. The van der Waals surface area contributed by atoms with Gasteiger partial charge in [0.2, 0.25) is 5.75 Å². The lowest BCUT2D eigenvalue weighted by molar-refractivity contribution is 0.0576. The third-order valence-electron chi connectivity index (χ3n) is 5.58. The standard InChI is InChI=1S/C24H27N5O5/c1-14(21-27-19(23(31)32)20(34-5)22(30)28(21)4)18(17-9-7-6-8-15(17)10-25)16-11-26-29(12-16)13-24(2,3)33/h6-9,11-12,14,18,33H,13H2,1-5H3,(H,31,32). The van der Waals surface area contributed by atoms with Crippen LogP contribution in [0.25, 0.3) is 0 Å². The summed E-state index contributed by atoms with van der Waals surface area (Å²) in [5.74, 6) is -2.53. The van der Waals surface area contributed by atoms with E-state index < -0.39 is 34.7 Å². The van der Waals surface area contributed by atoms with Crippen molar-refractivity contribution in [2.24, 2.45) is 7.05 Å². The van der Waals surface area contributed by atoms with Crippen molar-refractivity contribution < 1.29 is 19.7 Å². The molecule has 0 saturated carbocycles. The molecule has 2 unspecified atom stereocenters. The predicted octanol–water partition coefficient (Wildman–Crippen LogP) is 2.26. The molecule has 0 fully saturated rings. The molecule has 178 valence electrons. The average molecular weight is 466 g/mol. The number of benzene rings is 1. The molecule has 0 aliphatic carbocycles. The van der Waals surface area contributed by atoms with E-state index in [0.29, 0.717) is 11.1 Å². The van der Waals surface area contributed by atoms with Crippen LogP contribution in [0.5, 0.6) is 5.75 Å². The fourth-order valence-electron chi connectivity index (χ4n) is 4.11. The summed E-state index contributed by atoms with van der Waals surface area (Å²) < 4.78 is 7.88. The van der Waals surface area contributed by atoms with Crippen LogP contribution in [-0.2, 0) is 13.6 Å². The van der Waals surface area contributed by atoms with Gasteiger partial charge in [-0.3, -0.25) is 14.0 Å².